The van der Waals surface area contributed by atoms with E-state index in [4.69, 9.17) is 0 Å². The Balaban J connectivity index is 1.81. The summed E-state index contributed by atoms with van der Waals surface area (Å²) >= 11 is 0. The van der Waals surface area contributed by atoms with Gasteiger partial charge in [-0.15, -0.1) is 0 Å². The number of hydrazine groups is 1. The molecule has 0 unspecified atom stereocenters. The topological polar surface area (TPSA) is 98.3 Å². The number of benzene rings is 1. The van der Waals surface area contributed by atoms with Crippen LogP contribution in [0.5, 0.6) is 0 Å². The highest BCUT2D eigenvalue weighted by atomic mass is 16.4. The molecule has 0 saturated heterocycles. The van der Waals surface area contributed by atoms with Crippen molar-refractivity contribution in [3.8, 4) is 0 Å². The van der Waals surface area contributed by atoms with Gasteiger partial charge in [-0.1, -0.05) is 37.3 Å². The Morgan fingerprint density at radius 3 is 2.48 bits per heavy atom. The fourth-order valence-electron chi connectivity index (χ4n) is 2.38. The van der Waals surface area contributed by atoms with E-state index in [1.807, 2.05) is 37.3 Å². The third kappa shape index (κ3) is 3.59. The molecule has 2 N–H and O–H groups in total. The summed E-state index contributed by atoms with van der Waals surface area (Å²) in [5.74, 6) is -2.30. The van der Waals surface area contributed by atoms with Gasteiger partial charge in [-0.25, -0.2) is 0 Å². The van der Waals surface area contributed by atoms with Crippen molar-refractivity contribution in [3.05, 3.63) is 35.9 Å². The van der Waals surface area contributed by atoms with Crippen molar-refractivity contribution in [1.82, 2.24) is 10.9 Å². The Morgan fingerprint density at radius 1 is 1.19 bits per heavy atom. The summed E-state index contributed by atoms with van der Waals surface area (Å²) in [6.07, 6.45) is 0.133. The lowest BCUT2D eigenvalue weighted by Crippen LogP contribution is -2.43. The number of carboxylic acids is 1. The van der Waals surface area contributed by atoms with Crippen molar-refractivity contribution in [2.24, 2.45) is 5.92 Å². The highest BCUT2D eigenvalue weighted by Crippen LogP contribution is 2.53. The molecule has 0 bridgehead atoms. The number of carboxylic acid groups (broad SMARTS) is 1. The Bertz CT molecular complexity index is 558. The van der Waals surface area contributed by atoms with E-state index >= 15 is 0 Å². The van der Waals surface area contributed by atoms with Gasteiger partial charge < -0.3 is 9.90 Å². The molecule has 1 aliphatic rings. The summed E-state index contributed by atoms with van der Waals surface area (Å²) in [6, 6.07) is 9.73. The highest BCUT2D eigenvalue weighted by molar-refractivity contribution is 5.87. The molecule has 1 aliphatic carbocycles. The molecule has 0 radical (unpaired) electrons. The van der Waals surface area contributed by atoms with Gasteiger partial charge in [-0.2, -0.15) is 0 Å². The zero-order valence-electron chi connectivity index (χ0n) is 11.7. The number of carbonyl (C=O) groups is 3. The van der Waals surface area contributed by atoms with Crippen molar-refractivity contribution < 1.29 is 19.5 Å². The van der Waals surface area contributed by atoms with E-state index in [1.54, 1.807) is 0 Å². The third-order valence-corrected chi connectivity index (χ3v) is 3.87. The van der Waals surface area contributed by atoms with E-state index in [1.165, 1.54) is 0 Å². The number of aliphatic carboxylic acids is 1. The summed E-state index contributed by atoms with van der Waals surface area (Å²) in [5, 5.41) is 10.2. The molecule has 1 aromatic rings. The zero-order chi connectivity index (χ0) is 15.5. The van der Waals surface area contributed by atoms with Gasteiger partial charge in [0.2, 0.25) is 11.8 Å². The monoisotopic (exact) mass is 289 g/mol. The van der Waals surface area contributed by atoms with E-state index in [0.29, 0.717) is 0 Å². The van der Waals surface area contributed by atoms with Crippen LogP contribution in [0.15, 0.2) is 30.3 Å². The van der Waals surface area contributed by atoms with Crippen LogP contribution in [-0.4, -0.2) is 17.8 Å². The maximum absolute atomic E-state index is 12.0. The molecule has 0 aromatic heterocycles. The Hall–Kier alpha value is -2.37. The largest absolute Gasteiger partial charge is 0.550 e. The number of nitrogens with one attached hydrogen (secondary N) is 2. The van der Waals surface area contributed by atoms with E-state index in [0.717, 1.165) is 12.0 Å². The summed E-state index contributed by atoms with van der Waals surface area (Å²) in [5.41, 5.74) is 5.44. The molecular formula is C15H17N2O4-. The van der Waals surface area contributed by atoms with E-state index in [9.17, 15) is 19.5 Å². The Kier molecular flexibility index (Phi) is 4.26. The predicted octanol–water partition coefficient (Wildman–Crippen LogP) is -0.358. The fourth-order valence-corrected chi connectivity index (χ4v) is 2.38. The quantitative estimate of drug-likeness (QED) is 0.723. The second-order valence-electron chi connectivity index (χ2n) is 5.45. The van der Waals surface area contributed by atoms with Gasteiger partial charge in [0.1, 0.15) is 0 Å². The normalized spacial score (nSPS) is 23.2. The highest BCUT2D eigenvalue weighted by Gasteiger charge is 2.55. The number of hydrogen-bond donors (Lipinski definition) is 2. The molecule has 2 atom stereocenters. The maximum Gasteiger partial charge on any atom is 0.242 e. The number of carbonyl (C=O) groups excluding carboxylic acids is 3. The van der Waals surface area contributed by atoms with E-state index in [-0.39, 0.29) is 30.1 Å². The lowest BCUT2D eigenvalue weighted by Gasteiger charge is -2.12. The van der Waals surface area contributed by atoms with Crippen LogP contribution in [0.1, 0.15) is 31.7 Å². The number of rotatable bonds is 5. The first-order valence-electron chi connectivity index (χ1n) is 6.77. The Labute approximate surface area is 122 Å². The van der Waals surface area contributed by atoms with Crippen LogP contribution in [0, 0.1) is 5.92 Å². The van der Waals surface area contributed by atoms with Crippen LogP contribution in [-0.2, 0) is 19.8 Å². The predicted molar refractivity (Wildman–Crippen MR) is 72.4 cm³/mol. The third-order valence-electron chi connectivity index (χ3n) is 3.87. The first kappa shape index (κ1) is 15.0. The van der Waals surface area contributed by atoms with Crippen molar-refractivity contribution >= 4 is 17.8 Å². The van der Waals surface area contributed by atoms with Crippen LogP contribution in [0.3, 0.4) is 0 Å². The molecule has 6 heteroatoms. The molecule has 2 rings (SSSR count). The van der Waals surface area contributed by atoms with Crippen molar-refractivity contribution in [1.29, 1.82) is 0 Å². The van der Waals surface area contributed by atoms with Crippen LogP contribution >= 0.6 is 0 Å². The lowest BCUT2D eigenvalue weighted by atomic mass is 9.95. The van der Waals surface area contributed by atoms with Gasteiger partial charge in [-0.3, -0.25) is 20.4 Å². The molecule has 1 aromatic carbocycles. The molecule has 0 spiro atoms. The second kappa shape index (κ2) is 5.95. The summed E-state index contributed by atoms with van der Waals surface area (Å²) in [7, 11) is 0. The molecule has 1 saturated carbocycles. The summed E-state index contributed by atoms with van der Waals surface area (Å²) in [4.78, 5) is 33.5. The summed E-state index contributed by atoms with van der Waals surface area (Å²) in [6.45, 7) is 2.00. The summed E-state index contributed by atoms with van der Waals surface area (Å²) < 4.78 is 0. The van der Waals surface area contributed by atoms with Crippen molar-refractivity contribution in [2.45, 2.75) is 31.6 Å². The van der Waals surface area contributed by atoms with Gasteiger partial charge >= 0.3 is 0 Å². The minimum atomic E-state index is -1.30. The molecule has 0 aliphatic heterocycles. The maximum atomic E-state index is 12.0. The van der Waals surface area contributed by atoms with Crippen molar-refractivity contribution in [3.63, 3.8) is 0 Å². The van der Waals surface area contributed by atoms with E-state index in [2.05, 4.69) is 10.9 Å². The molecule has 0 heterocycles. The average Bonchev–Trinajstić information content (AvgIpc) is 3.17. The Morgan fingerprint density at radius 2 is 1.86 bits per heavy atom. The van der Waals surface area contributed by atoms with Crippen LogP contribution < -0.4 is 16.0 Å². The average molecular weight is 289 g/mol. The molecule has 6 nitrogen and oxygen atoms in total. The van der Waals surface area contributed by atoms with Crippen LogP contribution in [0.4, 0.5) is 0 Å². The SMILES string of the molecule is C[C@]1(c2ccccc2)C[C@@H]1C(=O)NNC(=O)CCC(=O)[O-]. The van der Waals surface area contributed by atoms with Crippen LogP contribution in [0.2, 0.25) is 0 Å². The fraction of sp³-hybridized carbons (Fsp3) is 0.400. The van der Waals surface area contributed by atoms with Gasteiger partial charge in [0.25, 0.3) is 0 Å². The van der Waals surface area contributed by atoms with Gasteiger partial charge in [0.05, 0.1) is 0 Å². The van der Waals surface area contributed by atoms with Crippen molar-refractivity contribution in [2.75, 3.05) is 0 Å². The zero-order valence-corrected chi connectivity index (χ0v) is 11.7. The van der Waals surface area contributed by atoms with Gasteiger partial charge in [0.15, 0.2) is 0 Å². The molecule has 2 amide bonds. The number of amides is 2. The van der Waals surface area contributed by atoms with Gasteiger partial charge in [-0.05, 0) is 18.4 Å². The molecule has 112 valence electrons. The van der Waals surface area contributed by atoms with Gasteiger partial charge in [0, 0.05) is 23.7 Å². The minimum absolute atomic E-state index is 0.193. The van der Waals surface area contributed by atoms with Crippen LogP contribution in [0.25, 0.3) is 0 Å². The second-order valence-corrected chi connectivity index (χ2v) is 5.45. The smallest absolute Gasteiger partial charge is 0.242 e. The molecule has 1 fully saturated rings. The molecule has 21 heavy (non-hydrogen) atoms. The molecular weight excluding hydrogens is 272 g/mol. The first-order chi connectivity index (χ1) is 9.93. The van der Waals surface area contributed by atoms with E-state index < -0.39 is 11.9 Å². The lowest BCUT2D eigenvalue weighted by molar-refractivity contribution is -0.305. The standard InChI is InChI=1S/C15H18N2O4/c1-15(10-5-3-2-4-6-10)9-11(15)14(21)17-16-12(18)7-8-13(19)20/h2-6,11H,7-9H2,1H3,(H,16,18)(H,17,21)(H,19,20)/p-1/t11-,15-/m1/s1. The minimum Gasteiger partial charge on any atom is -0.550 e. The number of hydrogen-bond acceptors (Lipinski definition) is 4. The first-order valence-corrected chi connectivity index (χ1v) is 6.77.